The normalized spacial score (nSPS) is 12.4. The van der Waals surface area contributed by atoms with Crippen LogP contribution >= 0.6 is 11.3 Å². The molecule has 0 saturated carbocycles. The monoisotopic (exact) mass is 732 g/mol. The molecule has 1 heterocycles. The first-order valence-electron chi connectivity index (χ1n) is 17.0. The lowest BCUT2D eigenvalue weighted by atomic mass is 9.99. The molecule has 0 radical (unpaired) electrons. The maximum Gasteiger partial charge on any atom is 0.322 e. The highest BCUT2D eigenvalue weighted by Gasteiger charge is 2.31. The molecule has 5 N–H and O–H groups in total. The summed E-state index contributed by atoms with van der Waals surface area (Å²) >= 11 is 1.42. The Morgan fingerprint density at radius 1 is 0.660 bits per heavy atom. The minimum atomic E-state index is -1.26. The molecule has 4 amide bonds. The van der Waals surface area contributed by atoms with Crippen LogP contribution in [0.5, 0.6) is 5.75 Å². The van der Waals surface area contributed by atoms with Crippen molar-refractivity contribution in [2.24, 2.45) is 0 Å². The van der Waals surface area contributed by atoms with E-state index in [4.69, 9.17) is 9.84 Å². The summed E-state index contributed by atoms with van der Waals surface area (Å²) in [6, 6.07) is 33.1. The number of carbonyl (C=O) groups is 5. The van der Waals surface area contributed by atoms with Gasteiger partial charge in [-0.1, -0.05) is 109 Å². The Balaban J connectivity index is 1.38. The zero-order valence-electron chi connectivity index (χ0n) is 29.0. The molecule has 4 aromatic carbocycles. The second kappa shape index (κ2) is 18.8. The summed E-state index contributed by atoms with van der Waals surface area (Å²) < 4.78 is 5.64. The SMILES string of the molecule is Cc1ccc(OCC(=O)N[C@@H](Cc2cccs2)C(=O)N[C@H](Cc2ccc(-c3ccccc3)cc2)C(=O)N[C@H](C(=O)NCC(=O)O)c2ccccc2)cc1. The van der Waals surface area contributed by atoms with Crippen LogP contribution in [0.1, 0.15) is 27.6 Å². The molecular formula is C41H40N4O7S. The predicted molar refractivity (Wildman–Crippen MR) is 202 cm³/mol. The number of benzene rings is 4. The van der Waals surface area contributed by atoms with E-state index in [2.05, 4.69) is 21.3 Å². The number of ether oxygens (including phenoxy) is 1. The Morgan fingerprint density at radius 2 is 1.28 bits per heavy atom. The van der Waals surface area contributed by atoms with Crippen molar-refractivity contribution in [1.29, 1.82) is 0 Å². The molecule has 0 unspecified atom stereocenters. The van der Waals surface area contributed by atoms with Gasteiger partial charge in [-0.25, -0.2) is 0 Å². The van der Waals surface area contributed by atoms with E-state index < -0.39 is 54.3 Å². The van der Waals surface area contributed by atoms with Gasteiger partial charge >= 0.3 is 5.97 Å². The molecule has 0 bridgehead atoms. The number of aliphatic carboxylic acids is 1. The van der Waals surface area contributed by atoms with Gasteiger partial charge in [-0.2, -0.15) is 0 Å². The predicted octanol–water partition coefficient (Wildman–Crippen LogP) is 4.62. The molecule has 12 heteroatoms. The maximum absolute atomic E-state index is 14.1. The molecular weight excluding hydrogens is 693 g/mol. The Kier molecular flexibility index (Phi) is 13.5. The zero-order valence-corrected chi connectivity index (χ0v) is 29.8. The van der Waals surface area contributed by atoms with Crippen molar-refractivity contribution in [2.45, 2.75) is 37.9 Å². The fraction of sp³-hybridized carbons (Fsp3) is 0.195. The van der Waals surface area contributed by atoms with E-state index >= 15 is 0 Å². The first kappa shape index (κ1) is 38.0. The van der Waals surface area contributed by atoms with Gasteiger partial charge in [0.25, 0.3) is 5.91 Å². The Hall–Kier alpha value is -6.27. The van der Waals surface area contributed by atoms with Crippen LogP contribution in [0.15, 0.2) is 127 Å². The molecule has 5 rings (SSSR count). The smallest absolute Gasteiger partial charge is 0.322 e. The van der Waals surface area contributed by atoms with E-state index in [0.717, 1.165) is 27.1 Å². The summed E-state index contributed by atoms with van der Waals surface area (Å²) in [6.45, 7) is 0.955. The topological polar surface area (TPSA) is 163 Å². The zero-order chi connectivity index (χ0) is 37.6. The van der Waals surface area contributed by atoms with Crippen molar-refractivity contribution in [3.8, 4) is 16.9 Å². The highest BCUT2D eigenvalue weighted by atomic mass is 32.1. The Bertz CT molecular complexity index is 1970. The lowest BCUT2D eigenvalue weighted by Gasteiger charge is -2.25. The van der Waals surface area contributed by atoms with Gasteiger partial charge < -0.3 is 31.1 Å². The van der Waals surface area contributed by atoms with Crippen molar-refractivity contribution in [2.75, 3.05) is 13.2 Å². The van der Waals surface area contributed by atoms with Crippen LogP contribution in [-0.2, 0) is 36.8 Å². The standard InChI is InChI=1S/C41H40N4O7S/c1-27-14-20-32(21-15-27)52-26-36(46)43-35(24-33-13-8-22-53-33)39(49)44-34(23-28-16-18-30(19-17-28)29-9-4-2-5-10-29)40(50)45-38(31-11-6-3-7-12-31)41(51)42-25-37(47)48/h2-22,34-35,38H,23-26H2,1H3,(H,42,51)(H,43,46)(H,44,49)(H,45,50)(H,47,48)/t34-,35+,38+/m1/s1. The second-order valence-corrected chi connectivity index (χ2v) is 13.3. The number of amides is 4. The number of nitrogens with one attached hydrogen (secondary N) is 4. The van der Waals surface area contributed by atoms with Crippen molar-refractivity contribution < 1.29 is 33.8 Å². The molecule has 0 saturated heterocycles. The van der Waals surface area contributed by atoms with Gasteiger partial charge in [0.1, 0.15) is 30.4 Å². The van der Waals surface area contributed by atoms with Crippen LogP contribution in [0.4, 0.5) is 0 Å². The molecule has 0 aliphatic rings. The minimum absolute atomic E-state index is 0.0428. The van der Waals surface area contributed by atoms with E-state index in [1.165, 1.54) is 11.3 Å². The second-order valence-electron chi connectivity index (χ2n) is 12.3. The largest absolute Gasteiger partial charge is 0.484 e. The van der Waals surface area contributed by atoms with Crippen LogP contribution in [0.25, 0.3) is 11.1 Å². The van der Waals surface area contributed by atoms with E-state index in [0.29, 0.717) is 11.3 Å². The van der Waals surface area contributed by atoms with Crippen LogP contribution < -0.4 is 26.0 Å². The summed E-state index contributed by atoms with van der Waals surface area (Å²) in [5.41, 5.74) is 4.15. The molecule has 5 aromatic rings. The summed E-state index contributed by atoms with van der Waals surface area (Å²) in [5, 5.41) is 21.7. The molecule has 1 aromatic heterocycles. The van der Waals surface area contributed by atoms with Gasteiger partial charge in [0.05, 0.1) is 0 Å². The minimum Gasteiger partial charge on any atom is -0.484 e. The molecule has 11 nitrogen and oxygen atoms in total. The number of aryl methyl sites for hydroxylation is 1. The van der Waals surface area contributed by atoms with E-state index in [9.17, 15) is 24.0 Å². The lowest BCUT2D eigenvalue weighted by molar-refractivity contribution is -0.138. The van der Waals surface area contributed by atoms with E-state index in [1.807, 2.05) is 91.2 Å². The van der Waals surface area contributed by atoms with Crippen LogP contribution in [0.2, 0.25) is 0 Å². The number of thiophene rings is 1. The molecule has 0 aliphatic carbocycles. The highest BCUT2D eigenvalue weighted by molar-refractivity contribution is 7.09. The van der Waals surface area contributed by atoms with Gasteiger partial charge in [0, 0.05) is 17.7 Å². The molecule has 3 atom stereocenters. The van der Waals surface area contributed by atoms with E-state index in [-0.39, 0.29) is 19.4 Å². The fourth-order valence-corrected chi connectivity index (χ4v) is 6.25. The summed E-state index contributed by atoms with van der Waals surface area (Å²) in [7, 11) is 0. The van der Waals surface area contributed by atoms with Crippen LogP contribution in [0, 0.1) is 6.92 Å². The van der Waals surface area contributed by atoms with Crippen LogP contribution in [-0.4, -0.2) is 59.9 Å². The molecule has 0 aliphatic heterocycles. The first-order valence-corrected chi connectivity index (χ1v) is 17.8. The summed E-state index contributed by atoms with van der Waals surface area (Å²) in [6.07, 6.45) is 0.200. The fourth-order valence-electron chi connectivity index (χ4n) is 5.49. The average Bonchev–Trinajstić information content (AvgIpc) is 3.69. The third-order valence-electron chi connectivity index (χ3n) is 8.26. The lowest BCUT2D eigenvalue weighted by Crippen LogP contribution is -2.56. The van der Waals surface area contributed by atoms with Gasteiger partial charge in [-0.3, -0.25) is 24.0 Å². The van der Waals surface area contributed by atoms with Gasteiger partial charge in [-0.15, -0.1) is 11.3 Å². The van der Waals surface area contributed by atoms with Crippen molar-refractivity contribution in [3.05, 3.63) is 148 Å². The molecule has 0 fully saturated rings. The average molecular weight is 733 g/mol. The summed E-state index contributed by atoms with van der Waals surface area (Å²) in [5.74, 6) is -3.31. The Labute approximate surface area is 311 Å². The highest BCUT2D eigenvalue weighted by Crippen LogP contribution is 2.21. The van der Waals surface area contributed by atoms with Crippen molar-refractivity contribution in [1.82, 2.24) is 21.3 Å². The third kappa shape index (κ3) is 11.6. The number of rotatable bonds is 17. The number of carboxylic acid groups (broad SMARTS) is 1. The van der Waals surface area contributed by atoms with Gasteiger partial charge in [0.2, 0.25) is 17.7 Å². The molecule has 53 heavy (non-hydrogen) atoms. The van der Waals surface area contributed by atoms with Gasteiger partial charge in [0.15, 0.2) is 6.61 Å². The van der Waals surface area contributed by atoms with Gasteiger partial charge in [-0.05, 0) is 52.8 Å². The summed E-state index contributed by atoms with van der Waals surface area (Å²) in [4.78, 5) is 66.5. The molecule has 272 valence electrons. The quantitative estimate of drug-likeness (QED) is 0.0933. The number of carboxylic acids is 1. The van der Waals surface area contributed by atoms with E-state index in [1.54, 1.807) is 42.5 Å². The third-order valence-corrected chi connectivity index (χ3v) is 9.16. The van der Waals surface area contributed by atoms with Crippen molar-refractivity contribution >= 4 is 40.9 Å². The Morgan fingerprint density at radius 3 is 1.92 bits per heavy atom. The first-order chi connectivity index (χ1) is 25.6. The number of hydrogen-bond donors (Lipinski definition) is 5. The molecule has 0 spiro atoms. The van der Waals surface area contributed by atoms with Crippen LogP contribution in [0.3, 0.4) is 0 Å². The number of hydrogen-bond acceptors (Lipinski definition) is 7. The number of carbonyl (C=O) groups excluding carboxylic acids is 4. The maximum atomic E-state index is 14.1. The van der Waals surface area contributed by atoms with Crippen molar-refractivity contribution in [3.63, 3.8) is 0 Å².